The summed E-state index contributed by atoms with van der Waals surface area (Å²) in [7, 11) is 3.07. The Balaban J connectivity index is 1.88. The number of nitrogens with one attached hydrogen (secondary N) is 1. The molecule has 2 aromatic carbocycles. The molecule has 0 unspecified atom stereocenters. The van der Waals surface area contributed by atoms with Crippen molar-refractivity contribution in [1.29, 1.82) is 0 Å². The van der Waals surface area contributed by atoms with Crippen LogP contribution in [0.2, 0.25) is 10.0 Å². The van der Waals surface area contributed by atoms with Crippen LogP contribution in [-0.2, 0) is 16.1 Å². The predicted molar refractivity (Wildman–Crippen MR) is 98.1 cm³/mol. The van der Waals surface area contributed by atoms with Crippen LogP contribution in [0.3, 0.4) is 0 Å². The van der Waals surface area contributed by atoms with Crippen LogP contribution < -0.4 is 14.8 Å². The monoisotopic (exact) mass is 397 g/mol. The Morgan fingerprint density at radius 2 is 1.65 bits per heavy atom. The first kappa shape index (κ1) is 19.9. The second-order valence-corrected chi connectivity index (χ2v) is 5.95. The topological polar surface area (TPSA) is 73.9 Å². The van der Waals surface area contributed by atoms with Crippen LogP contribution in [0.1, 0.15) is 15.9 Å². The summed E-state index contributed by atoms with van der Waals surface area (Å²) in [5.41, 5.74) is 0.833. The molecule has 0 radical (unpaired) electrons. The molecule has 0 aliphatic heterocycles. The molecular weight excluding hydrogens is 381 g/mol. The van der Waals surface area contributed by atoms with Gasteiger partial charge in [-0.25, -0.2) is 4.79 Å². The molecule has 0 bridgehead atoms. The zero-order valence-electron chi connectivity index (χ0n) is 14.2. The van der Waals surface area contributed by atoms with Crippen molar-refractivity contribution in [3.8, 4) is 11.5 Å². The highest BCUT2D eigenvalue weighted by Gasteiger charge is 2.17. The number of hydrogen-bond donors (Lipinski definition) is 1. The van der Waals surface area contributed by atoms with E-state index in [1.807, 2.05) is 0 Å². The summed E-state index contributed by atoms with van der Waals surface area (Å²) >= 11 is 11.9. The van der Waals surface area contributed by atoms with E-state index in [0.29, 0.717) is 11.5 Å². The van der Waals surface area contributed by atoms with E-state index < -0.39 is 18.5 Å². The average molecular weight is 398 g/mol. The second kappa shape index (κ2) is 9.31. The van der Waals surface area contributed by atoms with E-state index in [1.54, 1.807) is 31.4 Å². The maximum Gasteiger partial charge on any atom is 0.341 e. The van der Waals surface area contributed by atoms with Crippen LogP contribution in [0, 0.1) is 0 Å². The highest BCUT2D eigenvalue weighted by atomic mass is 35.5. The number of benzene rings is 2. The Morgan fingerprint density at radius 3 is 2.27 bits per heavy atom. The van der Waals surface area contributed by atoms with Crippen molar-refractivity contribution in [2.24, 2.45) is 0 Å². The fourth-order valence-corrected chi connectivity index (χ4v) is 2.69. The minimum absolute atomic E-state index is 0.0310. The zero-order chi connectivity index (χ0) is 19.1. The van der Waals surface area contributed by atoms with Crippen LogP contribution in [0.4, 0.5) is 0 Å². The molecule has 26 heavy (non-hydrogen) atoms. The summed E-state index contributed by atoms with van der Waals surface area (Å²) < 4.78 is 15.3. The van der Waals surface area contributed by atoms with Crippen LogP contribution in [0.25, 0.3) is 0 Å². The molecule has 0 spiro atoms. The Labute approximate surface area is 160 Å². The molecule has 0 atom stereocenters. The van der Waals surface area contributed by atoms with Gasteiger partial charge in [0.2, 0.25) is 0 Å². The van der Waals surface area contributed by atoms with Crippen LogP contribution >= 0.6 is 23.2 Å². The number of rotatable bonds is 7. The Morgan fingerprint density at radius 1 is 1.00 bits per heavy atom. The molecule has 0 aliphatic carbocycles. The fourth-order valence-electron chi connectivity index (χ4n) is 2.14. The molecule has 1 N–H and O–H groups in total. The molecule has 0 aromatic heterocycles. The van der Waals surface area contributed by atoms with Gasteiger partial charge >= 0.3 is 5.97 Å². The molecule has 2 aromatic rings. The van der Waals surface area contributed by atoms with Crippen molar-refractivity contribution < 1.29 is 23.8 Å². The van der Waals surface area contributed by atoms with Crippen LogP contribution in [0.15, 0.2) is 36.4 Å². The second-order valence-electron chi connectivity index (χ2n) is 5.14. The molecule has 1 amide bonds. The van der Waals surface area contributed by atoms with Gasteiger partial charge in [-0.1, -0.05) is 35.3 Å². The van der Waals surface area contributed by atoms with Crippen LogP contribution in [0.5, 0.6) is 11.5 Å². The average Bonchev–Trinajstić information content (AvgIpc) is 2.64. The molecule has 138 valence electrons. The lowest BCUT2D eigenvalue weighted by Crippen LogP contribution is -2.28. The summed E-state index contributed by atoms with van der Waals surface area (Å²) in [5.74, 6) is -0.0784. The number of halogens is 2. The van der Waals surface area contributed by atoms with E-state index in [1.165, 1.54) is 19.2 Å². The van der Waals surface area contributed by atoms with Crippen molar-refractivity contribution in [2.75, 3.05) is 20.8 Å². The van der Waals surface area contributed by atoms with E-state index in [-0.39, 0.29) is 22.2 Å². The molecule has 2 rings (SSSR count). The third-order valence-electron chi connectivity index (χ3n) is 3.44. The highest BCUT2D eigenvalue weighted by molar-refractivity contribution is 6.39. The molecule has 0 aliphatic rings. The van der Waals surface area contributed by atoms with E-state index in [9.17, 15) is 9.59 Å². The fraction of sp³-hybridized carbons (Fsp3) is 0.222. The Hall–Kier alpha value is -2.44. The number of carbonyl (C=O) groups is 2. The number of methoxy groups -OCH3 is 2. The van der Waals surface area contributed by atoms with Gasteiger partial charge in [-0.3, -0.25) is 4.79 Å². The summed E-state index contributed by atoms with van der Waals surface area (Å²) in [6.45, 7) is -0.211. The van der Waals surface area contributed by atoms with Crippen molar-refractivity contribution in [3.05, 3.63) is 57.6 Å². The largest absolute Gasteiger partial charge is 0.493 e. The van der Waals surface area contributed by atoms with Gasteiger partial charge in [0.05, 0.1) is 29.8 Å². The standard InChI is InChI=1S/C18H17Cl2NO5/c1-24-14-7-6-11(8-15(14)25-2)9-21-16(22)10-26-18(23)17-12(19)4-3-5-13(17)20/h3-8H,9-10H2,1-2H3,(H,21,22). The zero-order valence-corrected chi connectivity index (χ0v) is 15.7. The third-order valence-corrected chi connectivity index (χ3v) is 4.07. The van der Waals surface area contributed by atoms with Gasteiger partial charge in [0.15, 0.2) is 18.1 Å². The van der Waals surface area contributed by atoms with Crippen LogP contribution in [-0.4, -0.2) is 32.7 Å². The van der Waals surface area contributed by atoms with E-state index in [2.05, 4.69) is 5.32 Å². The van der Waals surface area contributed by atoms with Gasteiger partial charge in [-0.05, 0) is 29.8 Å². The van der Waals surface area contributed by atoms with Gasteiger partial charge < -0.3 is 19.5 Å². The quantitative estimate of drug-likeness (QED) is 0.723. The molecule has 0 saturated carbocycles. The molecule has 8 heteroatoms. The SMILES string of the molecule is COc1ccc(CNC(=O)COC(=O)c2c(Cl)cccc2Cl)cc1OC. The number of amides is 1. The van der Waals surface area contributed by atoms with Gasteiger partial charge in [0.1, 0.15) is 0 Å². The lowest BCUT2D eigenvalue weighted by molar-refractivity contribution is -0.124. The smallest absolute Gasteiger partial charge is 0.341 e. The van der Waals surface area contributed by atoms with Gasteiger partial charge in [0.25, 0.3) is 5.91 Å². The third kappa shape index (κ3) is 5.03. The first-order valence-electron chi connectivity index (χ1n) is 7.55. The summed E-state index contributed by atoms with van der Waals surface area (Å²) in [5, 5.41) is 2.97. The van der Waals surface area contributed by atoms with E-state index >= 15 is 0 Å². The predicted octanol–water partition coefficient (Wildman–Crippen LogP) is 3.48. The van der Waals surface area contributed by atoms with Gasteiger partial charge in [-0.15, -0.1) is 0 Å². The highest BCUT2D eigenvalue weighted by Crippen LogP contribution is 2.27. The van der Waals surface area contributed by atoms with Gasteiger partial charge in [0, 0.05) is 6.54 Å². The van der Waals surface area contributed by atoms with Crippen molar-refractivity contribution in [2.45, 2.75) is 6.54 Å². The first-order chi connectivity index (χ1) is 12.5. The van der Waals surface area contributed by atoms with E-state index in [4.69, 9.17) is 37.4 Å². The number of carbonyl (C=O) groups excluding carboxylic acids is 2. The summed E-state index contributed by atoms with van der Waals surface area (Å²) in [4.78, 5) is 23.9. The lowest BCUT2D eigenvalue weighted by atomic mass is 10.2. The number of hydrogen-bond acceptors (Lipinski definition) is 5. The Kier molecular flexibility index (Phi) is 7.12. The number of ether oxygens (including phenoxy) is 3. The molecule has 0 heterocycles. The number of esters is 1. The Bertz CT molecular complexity index is 790. The minimum atomic E-state index is -0.762. The van der Waals surface area contributed by atoms with E-state index in [0.717, 1.165) is 5.56 Å². The van der Waals surface area contributed by atoms with Crippen molar-refractivity contribution in [1.82, 2.24) is 5.32 Å². The first-order valence-corrected chi connectivity index (χ1v) is 8.30. The molecular formula is C18H17Cl2NO5. The molecule has 0 saturated heterocycles. The van der Waals surface area contributed by atoms with Crippen molar-refractivity contribution in [3.63, 3.8) is 0 Å². The summed E-state index contributed by atoms with van der Waals surface area (Å²) in [6.07, 6.45) is 0. The maximum absolute atomic E-state index is 12.0. The summed E-state index contributed by atoms with van der Waals surface area (Å²) in [6, 6.07) is 9.91. The molecule has 6 nitrogen and oxygen atoms in total. The maximum atomic E-state index is 12.0. The lowest BCUT2D eigenvalue weighted by Gasteiger charge is -2.11. The van der Waals surface area contributed by atoms with Gasteiger partial charge in [-0.2, -0.15) is 0 Å². The normalized spacial score (nSPS) is 10.2. The molecule has 0 fully saturated rings. The minimum Gasteiger partial charge on any atom is -0.493 e. The van der Waals surface area contributed by atoms with Crippen molar-refractivity contribution >= 4 is 35.1 Å².